The van der Waals surface area contributed by atoms with Crippen LogP contribution in [0.3, 0.4) is 0 Å². The molecule has 0 saturated heterocycles. The van der Waals surface area contributed by atoms with Crippen LogP contribution in [0.15, 0.2) is 0 Å². The summed E-state index contributed by atoms with van der Waals surface area (Å²) >= 11 is 0. The molecule has 2 amide bonds. The molecule has 0 aromatic heterocycles. The van der Waals surface area contributed by atoms with Gasteiger partial charge >= 0.3 is 12.4 Å². The molecule has 106 valence electrons. The number of hydrogen-bond acceptors (Lipinski definition) is 2. The van der Waals surface area contributed by atoms with Gasteiger partial charge in [0.2, 0.25) is 0 Å². The van der Waals surface area contributed by atoms with Gasteiger partial charge in [0.05, 0.1) is 6.61 Å². The van der Waals surface area contributed by atoms with Crippen molar-refractivity contribution in [2.24, 2.45) is 5.92 Å². The molecule has 0 unspecified atom stereocenters. The SMILES string of the molecule is CC1CCC(NC(=O)NCCOC(F)(F)F)CC1. The number of urea groups is 1. The Balaban J connectivity index is 2.07. The number of ether oxygens (including phenoxy) is 1. The first-order chi connectivity index (χ1) is 8.37. The highest BCUT2D eigenvalue weighted by atomic mass is 19.4. The topological polar surface area (TPSA) is 50.4 Å². The second kappa shape index (κ2) is 6.82. The zero-order valence-electron chi connectivity index (χ0n) is 10.3. The Hall–Kier alpha value is -0.980. The van der Waals surface area contributed by atoms with Gasteiger partial charge in [-0.05, 0) is 31.6 Å². The average Bonchev–Trinajstić information content (AvgIpc) is 2.26. The standard InChI is InChI=1S/C11H19F3N2O2/c1-8-2-4-9(5-3-8)16-10(17)15-6-7-18-11(12,13)14/h8-9H,2-7H2,1H3,(H2,15,16,17). The number of carbonyl (C=O) groups is 1. The molecule has 4 nitrogen and oxygen atoms in total. The maximum absolute atomic E-state index is 11.6. The van der Waals surface area contributed by atoms with Crippen LogP contribution in [0.5, 0.6) is 0 Å². The van der Waals surface area contributed by atoms with E-state index in [1.807, 2.05) is 0 Å². The van der Waals surface area contributed by atoms with E-state index in [1.54, 1.807) is 0 Å². The molecule has 0 heterocycles. The van der Waals surface area contributed by atoms with Crippen molar-refractivity contribution in [3.63, 3.8) is 0 Å². The van der Waals surface area contributed by atoms with Crippen molar-refractivity contribution in [2.75, 3.05) is 13.2 Å². The highest BCUT2D eigenvalue weighted by molar-refractivity contribution is 5.74. The largest absolute Gasteiger partial charge is 0.522 e. The predicted octanol–water partition coefficient (Wildman–Crippen LogP) is 2.40. The number of halogens is 3. The summed E-state index contributed by atoms with van der Waals surface area (Å²) in [6.07, 6.45) is -0.650. The van der Waals surface area contributed by atoms with Crippen LogP contribution < -0.4 is 10.6 Å². The van der Waals surface area contributed by atoms with E-state index in [2.05, 4.69) is 22.3 Å². The van der Waals surface area contributed by atoms with Crippen molar-refractivity contribution in [1.29, 1.82) is 0 Å². The highest BCUT2D eigenvalue weighted by Gasteiger charge is 2.28. The molecule has 18 heavy (non-hydrogen) atoms. The van der Waals surface area contributed by atoms with Crippen LogP contribution in [0.25, 0.3) is 0 Å². The summed E-state index contributed by atoms with van der Waals surface area (Å²) in [6, 6.07) is -0.301. The predicted molar refractivity (Wildman–Crippen MR) is 60.0 cm³/mol. The zero-order valence-corrected chi connectivity index (χ0v) is 10.3. The summed E-state index contributed by atoms with van der Waals surface area (Å²) in [5, 5.41) is 5.09. The average molecular weight is 268 g/mol. The molecule has 7 heteroatoms. The van der Waals surface area contributed by atoms with Crippen molar-refractivity contribution in [2.45, 2.75) is 45.0 Å². The summed E-state index contributed by atoms with van der Waals surface area (Å²) in [5.74, 6) is 0.686. The number of alkyl halides is 3. The summed E-state index contributed by atoms with van der Waals surface area (Å²) in [7, 11) is 0. The van der Waals surface area contributed by atoms with Gasteiger partial charge in [0.1, 0.15) is 0 Å². The smallest absolute Gasteiger partial charge is 0.336 e. The van der Waals surface area contributed by atoms with E-state index < -0.39 is 19.0 Å². The third kappa shape index (κ3) is 6.68. The molecule has 1 fully saturated rings. The van der Waals surface area contributed by atoms with E-state index in [0.717, 1.165) is 25.7 Å². The Morgan fingerprint density at radius 2 is 1.89 bits per heavy atom. The number of rotatable bonds is 4. The molecule has 2 N–H and O–H groups in total. The lowest BCUT2D eigenvalue weighted by molar-refractivity contribution is -0.323. The van der Waals surface area contributed by atoms with Gasteiger partial charge in [0.15, 0.2) is 0 Å². The van der Waals surface area contributed by atoms with Gasteiger partial charge in [-0.2, -0.15) is 0 Å². The van der Waals surface area contributed by atoms with Crippen molar-refractivity contribution >= 4 is 6.03 Å². The Bertz CT molecular complexity index is 264. The minimum Gasteiger partial charge on any atom is -0.336 e. The van der Waals surface area contributed by atoms with Crippen LogP contribution in [0.4, 0.5) is 18.0 Å². The highest BCUT2D eigenvalue weighted by Crippen LogP contribution is 2.23. The van der Waals surface area contributed by atoms with E-state index in [4.69, 9.17) is 0 Å². The van der Waals surface area contributed by atoms with Gasteiger partial charge < -0.3 is 10.6 Å². The first kappa shape index (κ1) is 15.1. The molecule has 1 saturated carbocycles. The Kier molecular flexibility index (Phi) is 5.71. The van der Waals surface area contributed by atoms with Crippen molar-refractivity contribution in [1.82, 2.24) is 10.6 Å². The first-order valence-corrected chi connectivity index (χ1v) is 6.12. The van der Waals surface area contributed by atoms with E-state index in [1.165, 1.54) is 0 Å². The fourth-order valence-corrected chi connectivity index (χ4v) is 1.97. The minimum atomic E-state index is -4.64. The van der Waals surface area contributed by atoms with Crippen molar-refractivity contribution in [3.8, 4) is 0 Å². The van der Waals surface area contributed by atoms with Gasteiger partial charge in [0, 0.05) is 12.6 Å². The van der Waals surface area contributed by atoms with Crippen LogP contribution in [0.2, 0.25) is 0 Å². The van der Waals surface area contributed by atoms with Crippen LogP contribution in [-0.4, -0.2) is 31.6 Å². The summed E-state index contributed by atoms with van der Waals surface area (Å²) < 4.78 is 38.5. The fourth-order valence-electron chi connectivity index (χ4n) is 1.97. The lowest BCUT2D eigenvalue weighted by Gasteiger charge is -2.26. The van der Waals surface area contributed by atoms with Gasteiger partial charge in [-0.1, -0.05) is 6.92 Å². The lowest BCUT2D eigenvalue weighted by Crippen LogP contribution is -2.44. The van der Waals surface area contributed by atoms with Gasteiger partial charge in [0.25, 0.3) is 0 Å². The quantitative estimate of drug-likeness (QED) is 0.769. The summed E-state index contributed by atoms with van der Waals surface area (Å²) in [5.41, 5.74) is 0. The molecular formula is C11H19F3N2O2. The van der Waals surface area contributed by atoms with E-state index in [-0.39, 0.29) is 12.6 Å². The van der Waals surface area contributed by atoms with Crippen LogP contribution >= 0.6 is 0 Å². The zero-order chi connectivity index (χ0) is 13.6. The molecule has 1 aliphatic carbocycles. The molecular weight excluding hydrogens is 249 g/mol. The third-order valence-electron chi connectivity index (χ3n) is 3.00. The molecule has 0 spiro atoms. The molecule has 0 bridgehead atoms. The minimum absolute atomic E-state index is 0.129. The normalized spacial score (nSPS) is 24.7. The maximum atomic E-state index is 11.6. The molecule has 1 rings (SSSR count). The second-order valence-corrected chi connectivity index (χ2v) is 4.65. The van der Waals surface area contributed by atoms with Crippen molar-refractivity contribution < 1.29 is 22.7 Å². The lowest BCUT2D eigenvalue weighted by atomic mass is 9.87. The van der Waals surface area contributed by atoms with Crippen molar-refractivity contribution in [3.05, 3.63) is 0 Å². The second-order valence-electron chi connectivity index (χ2n) is 4.65. The van der Waals surface area contributed by atoms with E-state index in [0.29, 0.717) is 5.92 Å². The number of amides is 2. The number of hydrogen-bond donors (Lipinski definition) is 2. The van der Waals surface area contributed by atoms with Crippen LogP contribution in [-0.2, 0) is 4.74 Å². The van der Waals surface area contributed by atoms with Crippen LogP contribution in [0.1, 0.15) is 32.6 Å². The Morgan fingerprint density at radius 3 is 2.44 bits per heavy atom. The molecule has 0 atom stereocenters. The molecule has 0 aromatic rings. The fraction of sp³-hybridized carbons (Fsp3) is 0.909. The Morgan fingerprint density at radius 1 is 1.28 bits per heavy atom. The van der Waals surface area contributed by atoms with Crippen LogP contribution in [0, 0.1) is 5.92 Å². The van der Waals surface area contributed by atoms with E-state index >= 15 is 0 Å². The number of nitrogens with one attached hydrogen (secondary N) is 2. The monoisotopic (exact) mass is 268 g/mol. The Labute approximate surface area is 104 Å². The van der Waals surface area contributed by atoms with Gasteiger partial charge in [-0.15, -0.1) is 13.2 Å². The summed E-state index contributed by atoms with van der Waals surface area (Å²) in [4.78, 5) is 11.4. The molecule has 0 aromatic carbocycles. The molecule has 0 radical (unpaired) electrons. The maximum Gasteiger partial charge on any atom is 0.522 e. The van der Waals surface area contributed by atoms with Gasteiger partial charge in [-0.3, -0.25) is 4.74 Å². The third-order valence-corrected chi connectivity index (χ3v) is 3.00. The first-order valence-electron chi connectivity index (χ1n) is 6.12. The molecule has 0 aliphatic heterocycles. The van der Waals surface area contributed by atoms with Gasteiger partial charge in [-0.25, -0.2) is 4.79 Å². The number of carbonyl (C=O) groups excluding carboxylic acids is 1. The van der Waals surface area contributed by atoms with E-state index in [9.17, 15) is 18.0 Å². The molecule has 1 aliphatic rings. The summed E-state index contributed by atoms with van der Waals surface area (Å²) in [6.45, 7) is 1.44.